The van der Waals surface area contributed by atoms with Crippen LogP contribution in [0.3, 0.4) is 0 Å². The fraction of sp³-hybridized carbons (Fsp3) is 0.929. The largest absolute Gasteiger partial charge is 0.417 e. The Morgan fingerprint density at radius 3 is 2.11 bits per heavy atom. The van der Waals surface area contributed by atoms with Crippen molar-refractivity contribution < 1.29 is 9.22 Å². The van der Waals surface area contributed by atoms with Gasteiger partial charge in [-0.15, -0.1) is 0 Å². The van der Waals surface area contributed by atoms with Crippen LogP contribution in [0.15, 0.2) is 0 Å². The molecule has 1 aliphatic carbocycles. The molecule has 0 aromatic rings. The minimum atomic E-state index is -1.62. The second-order valence-electron chi connectivity index (χ2n) is 7.09. The van der Waals surface area contributed by atoms with Crippen LogP contribution in [0.4, 0.5) is 0 Å². The molecule has 0 N–H and O–H groups in total. The average Bonchev–Trinajstić information content (AvgIpc) is 2.25. The molecule has 0 bridgehead atoms. The van der Waals surface area contributed by atoms with Gasteiger partial charge in [0, 0.05) is 12.5 Å². The zero-order chi connectivity index (χ0) is 14.0. The fourth-order valence-corrected chi connectivity index (χ4v) is 3.40. The SMILES string of the molecule is CC(C)(C)[Si](C)(C)OCC1CCC(C(=O)Cl)CC1. The van der Waals surface area contributed by atoms with Gasteiger partial charge in [-0.1, -0.05) is 20.8 Å². The lowest BCUT2D eigenvalue weighted by molar-refractivity contribution is -0.116. The summed E-state index contributed by atoms with van der Waals surface area (Å²) in [6.07, 6.45) is 4.04. The van der Waals surface area contributed by atoms with E-state index in [0.29, 0.717) is 5.92 Å². The summed E-state index contributed by atoms with van der Waals surface area (Å²) in [5.41, 5.74) is 0. The second kappa shape index (κ2) is 6.06. The normalized spacial score (nSPS) is 26.1. The molecule has 0 aromatic heterocycles. The summed E-state index contributed by atoms with van der Waals surface area (Å²) in [6, 6.07) is 0. The minimum Gasteiger partial charge on any atom is -0.417 e. The molecule has 1 saturated carbocycles. The Kier molecular flexibility index (Phi) is 5.45. The van der Waals surface area contributed by atoms with Crippen molar-refractivity contribution in [2.75, 3.05) is 6.61 Å². The average molecular weight is 291 g/mol. The third-order valence-electron chi connectivity index (χ3n) is 4.65. The smallest absolute Gasteiger partial charge is 0.224 e. The van der Waals surface area contributed by atoms with Gasteiger partial charge in [0.15, 0.2) is 8.32 Å². The topological polar surface area (TPSA) is 26.3 Å². The minimum absolute atomic E-state index is 0.0933. The molecule has 0 heterocycles. The molecule has 0 spiro atoms. The van der Waals surface area contributed by atoms with E-state index in [1.165, 1.54) is 0 Å². The van der Waals surface area contributed by atoms with Gasteiger partial charge in [0.25, 0.3) is 0 Å². The Morgan fingerprint density at radius 2 is 1.72 bits per heavy atom. The van der Waals surface area contributed by atoms with Gasteiger partial charge in [-0.25, -0.2) is 0 Å². The highest BCUT2D eigenvalue weighted by Crippen LogP contribution is 2.38. The molecule has 106 valence electrons. The van der Waals surface area contributed by atoms with Crippen molar-refractivity contribution in [3.8, 4) is 0 Å². The number of carbonyl (C=O) groups excluding carboxylic acids is 1. The van der Waals surface area contributed by atoms with Crippen molar-refractivity contribution in [1.29, 1.82) is 0 Å². The fourth-order valence-electron chi connectivity index (χ4n) is 2.10. The highest BCUT2D eigenvalue weighted by Gasteiger charge is 2.38. The molecule has 0 aromatic carbocycles. The number of rotatable bonds is 4. The van der Waals surface area contributed by atoms with Crippen LogP contribution in [0.1, 0.15) is 46.5 Å². The van der Waals surface area contributed by atoms with Gasteiger partial charge >= 0.3 is 0 Å². The first-order chi connectivity index (χ1) is 8.13. The molecule has 1 fully saturated rings. The van der Waals surface area contributed by atoms with Gasteiger partial charge in [-0.05, 0) is 61.3 Å². The van der Waals surface area contributed by atoms with Crippen LogP contribution in [-0.2, 0) is 9.22 Å². The lowest BCUT2D eigenvalue weighted by atomic mass is 9.83. The number of hydrogen-bond donors (Lipinski definition) is 0. The summed E-state index contributed by atoms with van der Waals surface area (Å²) < 4.78 is 6.25. The summed E-state index contributed by atoms with van der Waals surface area (Å²) in [5.74, 6) is 0.710. The van der Waals surface area contributed by atoms with E-state index in [-0.39, 0.29) is 16.2 Å². The lowest BCUT2D eigenvalue weighted by Crippen LogP contribution is -2.42. The maximum absolute atomic E-state index is 11.1. The maximum atomic E-state index is 11.1. The summed E-state index contributed by atoms with van der Waals surface area (Å²) in [6.45, 7) is 12.2. The molecule has 18 heavy (non-hydrogen) atoms. The van der Waals surface area contributed by atoms with Gasteiger partial charge in [0.2, 0.25) is 5.24 Å². The van der Waals surface area contributed by atoms with Crippen LogP contribution in [0.2, 0.25) is 18.1 Å². The monoisotopic (exact) mass is 290 g/mol. The first kappa shape index (κ1) is 16.2. The van der Waals surface area contributed by atoms with E-state index < -0.39 is 8.32 Å². The Labute approximate surface area is 118 Å². The number of carbonyl (C=O) groups is 1. The molecule has 0 radical (unpaired) electrons. The third-order valence-corrected chi connectivity index (χ3v) is 9.46. The zero-order valence-corrected chi connectivity index (χ0v) is 14.1. The Morgan fingerprint density at radius 1 is 1.22 bits per heavy atom. The zero-order valence-electron chi connectivity index (χ0n) is 12.4. The van der Waals surface area contributed by atoms with E-state index in [9.17, 15) is 4.79 Å². The molecule has 1 rings (SSSR count). The first-order valence-corrected chi connectivity index (χ1v) is 10.3. The van der Waals surface area contributed by atoms with Crippen LogP contribution in [0, 0.1) is 11.8 Å². The van der Waals surface area contributed by atoms with Crippen LogP contribution in [-0.4, -0.2) is 20.2 Å². The number of hydrogen-bond acceptors (Lipinski definition) is 2. The molecule has 0 unspecified atom stereocenters. The van der Waals surface area contributed by atoms with Crippen LogP contribution in [0.5, 0.6) is 0 Å². The van der Waals surface area contributed by atoms with Gasteiger partial charge in [0.05, 0.1) is 0 Å². The van der Waals surface area contributed by atoms with E-state index in [2.05, 4.69) is 33.9 Å². The molecule has 0 atom stereocenters. The van der Waals surface area contributed by atoms with Crippen molar-refractivity contribution in [2.45, 2.75) is 64.6 Å². The summed E-state index contributed by atoms with van der Waals surface area (Å²) in [4.78, 5) is 11.1. The molecular formula is C14H27ClO2Si. The molecule has 0 amide bonds. The Balaban J connectivity index is 2.36. The van der Waals surface area contributed by atoms with Crippen molar-refractivity contribution in [3.63, 3.8) is 0 Å². The summed E-state index contributed by atoms with van der Waals surface area (Å²) >= 11 is 5.55. The number of halogens is 1. The van der Waals surface area contributed by atoms with E-state index >= 15 is 0 Å². The van der Waals surface area contributed by atoms with Crippen molar-refractivity contribution in [2.24, 2.45) is 11.8 Å². The summed E-state index contributed by atoms with van der Waals surface area (Å²) in [5, 5.41) is 0.120. The van der Waals surface area contributed by atoms with Crippen molar-refractivity contribution >= 4 is 25.2 Å². The highest BCUT2D eigenvalue weighted by atomic mass is 35.5. The van der Waals surface area contributed by atoms with Crippen molar-refractivity contribution in [1.82, 2.24) is 0 Å². The van der Waals surface area contributed by atoms with Crippen LogP contribution >= 0.6 is 11.6 Å². The van der Waals surface area contributed by atoms with E-state index in [1.807, 2.05) is 0 Å². The van der Waals surface area contributed by atoms with Crippen LogP contribution in [0.25, 0.3) is 0 Å². The predicted molar refractivity (Wildman–Crippen MR) is 79.5 cm³/mol. The molecule has 4 heteroatoms. The van der Waals surface area contributed by atoms with Gasteiger partial charge in [-0.2, -0.15) is 0 Å². The third kappa shape index (κ3) is 4.36. The highest BCUT2D eigenvalue weighted by molar-refractivity contribution is 6.74. The molecule has 0 aliphatic heterocycles. The standard InChI is InChI=1S/C14H27ClO2Si/c1-14(2,3)18(4,5)17-10-11-6-8-12(9-7-11)13(15)16/h11-12H,6-10H2,1-5H3. The van der Waals surface area contributed by atoms with E-state index in [0.717, 1.165) is 32.3 Å². The van der Waals surface area contributed by atoms with E-state index in [4.69, 9.17) is 16.0 Å². The molecule has 1 aliphatic rings. The van der Waals surface area contributed by atoms with Gasteiger partial charge in [0.1, 0.15) is 0 Å². The first-order valence-electron chi connectivity index (χ1n) is 6.97. The maximum Gasteiger partial charge on any atom is 0.224 e. The Hall–Kier alpha value is 0.137. The Bertz CT molecular complexity index is 289. The second-order valence-corrected chi connectivity index (χ2v) is 12.3. The van der Waals surface area contributed by atoms with E-state index in [1.54, 1.807) is 0 Å². The molecule has 0 saturated heterocycles. The predicted octanol–water partition coefficient (Wildman–Crippen LogP) is 4.58. The van der Waals surface area contributed by atoms with Crippen molar-refractivity contribution in [3.05, 3.63) is 0 Å². The van der Waals surface area contributed by atoms with Gasteiger partial charge < -0.3 is 4.43 Å². The van der Waals surface area contributed by atoms with Gasteiger partial charge in [-0.3, -0.25) is 4.79 Å². The molecular weight excluding hydrogens is 264 g/mol. The summed E-state index contributed by atoms with van der Waals surface area (Å²) in [7, 11) is -1.62. The molecule has 2 nitrogen and oxygen atoms in total. The lowest BCUT2D eigenvalue weighted by Gasteiger charge is -2.38. The van der Waals surface area contributed by atoms with Crippen LogP contribution < -0.4 is 0 Å². The quantitative estimate of drug-likeness (QED) is 0.559.